The van der Waals surface area contributed by atoms with Gasteiger partial charge in [-0.1, -0.05) is 19.1 Å². The van der Waals surface area contributed by atoms with E-state index in [1.54, 1.807) is 0 Å². The fraction of sp³-hybridized carbons (Fsp3) is 0.625. The number of aliphatic hydroxyl groups excluding tert-OH is 1. The van der Waals surface area contributed by atoms with Crippen molar-refractivity contribution in [1.82, 2.24) is 10.2 Å². The third-order valence-electron chi connectivity index (χ3n) is 3.03. The van der Waals surface area contributed by atoms with Crippen molar-refractivity contribution in [3.05, 3.63) is 29.8 Å². The maximum atomic E-state index is 10.1. The fourth-order valence-corrected chi connectivity index (χ4v) is 1.88. The molecular formula is C16H28N2O2. The maximum Gasteiger partial charge on any atom is 0.119 e. The van der Waals surface area contributed by atoms with E-state index in [2.05, 4.69) is 31.2 Å². The van der Waals surface area contributed by atoms with E-state index in [1.165, 1.54) is 0 Å². The molecule has 4 heteroatoms. The lowest BCUT2D eigenvalue weighted by Crippen LogP contribution is -2.25. The first kappa shape index (κ1) is 17.0. The highest BCUT2D eigenvalue weighted by Crippen LogP contribution is 2.17. The zero-order valence-corrected chi connectivity index (χ0v) is 12.9. The third-order valence-corrected chi connectivity index (χ3v) is 3.03. The minimum Gasteiger partial charge on any atom is -0.494 e. The standard InChI is InChI=1S/C16H28N2O2/c1-4-12-20-15-8-6-14(7-9-15)16(19)13-17-10-5-11-18(2)3/h6-9,16-17,19H,4-5,10-13H2,1-3H3. The molecule has 0 bridgehead atoms. The first-order chi connectivity index (χ1) is 9.63. The Morgan fingerprint density at radius 3 is 2.55 bits per heavy atom. The largest absolute Gasteiger partial charge is 0.494 e. The Morgan fingerprint density at radius 1 is 1.25 bits per heavy atom. The van der Waals surface area contributed by atoms with Crippen LogP contribution in [0.25, 0.3) is 0 Å². The molecule has 1 aromatic rings. The summed E-state index contributed by atoms with van der Waals surface area (Å²) in [5.41, 5.74) is 0.925. The fourth-order valence-electron chi connectivity index (χ4n) is 1.88. The van der Waals surface area contributed by atoms with Crippen LogP contribution >= 0.6 is 0 Å². The van der Waals surface area contributed by atoms with E-state index in [-0.39, 0.29) is 0 Å². The predicted octanol–water partition coefficient (Wildman–Crippen LogP) is 2.05. The van der Waals surface area contributed by atoms with Crippen molar-refractivity contribution in [2.75, 3.05) is 40.3 Å². The van der Waals surface area contributed by atoms with Crippen LogP contribution in [-0.4, -0.2) is 50.3 Å². The summed E-state index contributed by atoms with van der Waals surface area (Å²) in [4.78, 5) is 2.16. The topological polar surface area (TPSA) is 44.7 Å². The number of aliphatic hydroxyl groups is 1. The van der Waals surface area contributed by atoms with E-state index in [0.717, 1.165) is 43.9 Å². The van der Waals surface area contributed by atoms with Crippen molar-refractivity contribution >= 4 is 0 Å². The highest BCUT2D eigenvalue weighted by molar-refractivity contribution is 5.28. The summed E-state index contributed by atoms with van der Waals surface area (Å²) in [7, 11) is 4.13. The Balaban J connectivity index is 2.26. The van der Waals surface area contributed by atoms with Crippen LogP contribution in [0.2, 0.25) is 0 Å². The third kappa shape index (κ3) is 6.89. The molecule has 0 spiro atoms. The summed E-state index contributed by atoms with van der Waals surface area (Å²) >= 11 is 0. The molecule has 0 aliphatic rings. The molecule has 0 fully saturated rings. The Kier molecular flexibility index (Phi) is 8.26. The van der Waals surface area contributed by atoms with Crippen LogP contribution < -0.4 is 10.1 Å². The van der Waals surface area contributed by atoms with Crippen LogP contribution in [0, 0.1) is 0 Å². The van der Waals surface area contributed by atoms with Crippen LogP contribution in [0.15, 0.2) is 24.3 Å². The molecule has 0 aromatic heterocycles. The molecule has 0 heterocycles. The molecule has 1 unspecified atom stereocenters. The van der Waals surface area contributed by atoms with Crippen molar-refractivity contribution in [2.45, 2.75) is 25.9 Å². The van der Waals surface area contributed by atoms with Gasteiger partial charge in [-0.15, -0.1) is 0 Å². The first-order valence-corrected chi connectivity index (χ1v) is 7.39. The molecule has 2 N–H and O–H groups in total. The van der Waals surface area contributed by atoms with Crippen LogP contribution in [0.5, 0.6) is 5.75 Å². The van der Waals surface area contributed by atoms with Gasteiger partial charge in [0.1, 0.15) is 5.75 Å². The van der Waals surface area contributed by atoms with E-state index in [1.807, 2.05) is 24.3 Å². The van der Waals surface area contributed by atoms with Gasteiger partial charge in [0.15, 0.2) is 0 Å². The number of benzene rings is 1. The van der Waals surface area contributed by atoms with Crippen LogP contribution in [0.4, 0.5) is 0 Å². The van der Waals surface area contributed by atoms with Crippen LogP contribution in [0.3, 0.4) is 0 Å². The van der Waals surface area contributed by atoms with E-state index in [0.29, 0.717) is 6.54 Å². The molecule has 0 saturated heterocycles. The van der Waals surface area contributed by atoms with Gasteiger partial charge in [-0.05, 0) is 57.7 Å². The van der Waals surface area contributed by atoms with Crippen molar-refractivity contribution in [3.63, 3.8) is 0 Å². The summed E-state index contributed by atoms with van der Waals surface area (Å²) < 4.78 is 5.52. The number of nitrogens with one attached hydrogen (secondary N) is 1. The summed E-state index contributed by atoms with van der Waals surface area (Å²) in [5.74, 6) is 0.863. The quantitative estimate of drug-likeness (QED) is 0.644. The lowest BCUT2D eigenvalue weighted by molar-refractivity contribution is 0.174. The predicted molar refractivity (Wildman–Crippen MR) is 83.2 cm³/mol. The number of hydrogen-bond acceptors (Lipinski definition) is 4. The van der Waals surface area contributed by atoms with E-state index in [9.17, 15) is 5.11 Å². The van der Waals surface area contributed by atoms with Gasteiger partial charge < -0.3 is 20.1 Å². The Morgan fingerprint density at radius 2 is 1.95 bits per heavy atom. The Hall–Kier alpha value is -1.10. The monoisotopic (exact) mass is 280 g/mol. The van der Waals surface area contributed by atoms with Crippen LogP contribution in [0.1, 0.15) is 31.4 Å². The molecule has 4 nitrogen and oxygen atoms in total. The second-order valence-corrected chi connectivity index (χ2v) is 5.29. The van der Waals surface area contributed by atoms with Gasteiger partial charge in [0, 0.05) is 6.54 Å². The van der Waals surface area contributed by atoms with Gasteiger partial charge in [-0.2, -0.15) is 0 Å². The lowest BCUT2D eigenvalue weighted by atomic mass is 10.1. The number of rotatable bonds is 10. The summed E-state index contributed by atoms with van der Waals surface area (Å²) in [6.45, 7) is 5.39. The van der Waals surface area contributed by atoms with Crippen molar-refractivity contribution in [2.24, 2.45) is 0 Å². The molecule has 1 aromatic carbocycles. The number of ether oxygens (including phenoxy) is 1. The van der Waals surface area contributed by atoms with Gasteiger partial charge >= 0.3 is 0 Å². The molecular weight excluding hydrogens is 252 g/mol. The number of nitrogens with zero attached hydrogens (tertiary/aromatic N) is 1. The lowest BCUT2D eigenvalue weighted by Gasteiger charge is -2.14. The molecule has 0 saturated carbocycles. The second kappa shape index (κ2) is 9.75. The molecule has 0 radical (unpaired) electrons. The van der Waals surface area contributed by atoms with Crippen LogP contribution in [-0.2, 0) is 0 Å². The first-order valence-electron chi connectivity index (χ1n) is 7.39. The van der Waals surface area contributed by atoms with Crippen molar-refractivity contribution < 1.29 is 9.84 Å². The molecule has 20 heavy (non-hydrogen) atoms. The minimum atomic E-state index is -0.463. The molecule has 1 rings (SSSR count). The zero-order valence-electron chi connectivity index (χ0n) is 12.9. The summed E-state index contributed by atoms with van der Waals surface area (Å²) in [6, 6.07) is 7.69. The van der Waals surface area contributed by atoms with Gasteiger partial charge in [0.25, 0.3) is 0 Å². The number of hydrogen-bond donors (Lipinski definition) is 2. The Labute approximate surface area is 122 Å². The summed E-state index contributed by atoms with van der Waals surface area (Å²) in [6.07, 6.45) is 1.62. The normalized spacial score (nSPS) is 12.7. The van der Waals surface area contributed by atoms with Gasteiger partial charge in [0.2, 0.25) is 0 Å². The molecule has 0 amide bonds. The van der Waals surface area contributed by atoms with Crippen molar-refractivity contribution in [3.8, 4) is 5.75 Å². The van der Waals surface area contributed by atoms with Gasteiger partial charge in [0.05, 0.1) is 12.7 Å². The minimum absolute atomic E-state index is 0.463. The maximum absolute atomic E-state index is 10.1. The van der Waals surface area contributed by atoms with E-state index < -0.39 is 6.10 Å². The summed E-state index contributed by atoms with van der Waals surface area (Å²) in [5, 5.41) is 13.4. The van der Waals surface area contributed by atoms with E-state index in [4.69, 9.17) is 4.74 Å². The zero-order chi connectivity index (χ0) is 14.8. The Bertz CT molecular complexity index is 352. The molecule has 0 aliphatic heterocycles. The highest BCUT2D eigenvalue weighted by atomic mass is 16.5. The average Bonchev–Trinajstić information content (AvgIpc) is 2.44. The van der Waals surface area contributed by atoms with Gasteiger partial charge in [-0.25, -0.2) is 0 Å². The van der Waals surface area contributed by atoms with Gasteiger partial charge in [-0.3, -0.25) is 0 Å². The molecule has 114 valence electrons. The molecule has 1 atom stereocenters. The average molecular weight is 280 g/mol. The smallest absolute Gasteiger partial charge is 0.119 e. The SMILES string of the molecule is CCCOc1ccc(C(O)CNCCCN(C)C)cc1. The second-order valence-electron chi connectivity index (χ2n) is 5.29. The van der Waals surface area contributed by atoms with Crippen molar-refractivity contribution in [1.29, 1.82) is 0 Å². The molecule has 0 aliphatic carbocycles. The highest BCUT2D eigenvalue weighted by Gasteiger charge is 2.06. The van der Waals surface area contributed by atoms with E-state index >= 15 is 0 Å².